The Morgan fingerprint density at radius 3 is 2.56 bits per heavy atom. The molecule has 4 nitrogen and oxygen atoms in total. The number of hydrogen-bond acceptors (Lipinski definition) is 3. The minimum Gasteiger partial charge on any atom is -0.383 e. The third-order valence-electron chi connectivity index (χ3n) is 2.69. The number of hydrogen-bond donors (Lipinski definition) is 2. The van der Waals surface area contributed by atoms with Crippen LogP contribution in [0.1, 0.15) is 25.3 Å². The molecule has 94 valence electrons. The van der Waals surface area contributed by atoms with Gasteiger partial charge in [0.05, 0.1) is 10.6 Å². The molecule has 0 saturated carbocycles. The highest BCUT2D eigenvalue weighted by atomic mass is 35.5. The van der Waals surface area contributed by atoms with Crippen LogP contribution in [-0.4, -0.2) is 9.97 Å². The summed E-state index contributed by atoms with van der Waals surface area (Å²) in [6.45, 7) is 3.80. The Bertz CT molecular complexity index is 634. The fraction of sp³-hybridized carbons (Fsp3) is 0.231. The average Bonchev–Trinajstić information content (AvgIpc) is 2.27. The molecule has 2 aromatic rings. The predicted molar refractivity (Wildman–Crippen MR) is 73.8 cm³/mol. The van der Waals surface area contributed by atoms with Gasteiger partial charge in [-0.05, 0) is 18.1 Å². The molecule has 3 N–H and O–H groups in total. The van der Waals surface area contributed by atoms with E-state index in [1.165, 1.54) is 0 Å². The van der Waals surface area contributed by atoms with Crippen LogP contribution in [0.4, 0.5) is 5.82 Å². The van der Waals surface area contributed by atoms with Crippen molar-refractivity contribution in [2.45, 2.75) is 19.8 Å². The van der Waals surface area contributed by atoms with E-state index in [0.717, 1.165) is 0 Å². The van der Waals surface area contributed by atoms with E-state index in [1.54, 1.807) is 12.1 Å². The van der Waals surface area contributed by atoms with Gasteiger partial charge in [-0.15, -0.1) is 0 Å². The van der Waals surface area contributed by atoms with Crippen molar-refractivity contribution in [1.29, 1.82) is 0 Å². The summed E-state index contributed by atoms with van der Waals surface area (Å²) in [6.07, 6.45) is 0. The van der Waals surface area contributed by atoms with Gasteiger partial charge in [0, 0.05) is 5.56 Å². The van der Waals surface area contributed by atoms with Gasteiger partial charge >= 0.3 is 0 Å². The number of anilines is 1. The van der Waals surface area contributed by atoms with Crippen LogP contribution in [0.2, 0.25) is 5.02 Å². The molecule has 1 heterocycles. The molecule has 0 aliphatic carbocycles. The largest absolute Gasteiger partial charge is 0.383 e. The third-order valence-corrected chi connectivity index (χ3v) is 3.02. The van der Waals surface area contributed by atoms with Crippen molar-refractivity contribution in [2.24, 2.45) is 0 Å². The van der Waals surface area contributed by atoms with Crippen molar-refractivity contribution in [2.75, 3.05) is 5.73 Å². The Kier molecular flexibility index (Phi) is 3.39. The zero-order valence-corrected chi connectivity index (χ0v) is 11.0. The molecule has 2 rings (SSSR count). The average molecular weight is 264 g/mol. The molecule has 0 aliphatic heterocycles. The lowest BCUT2D eigenvalue weighted by Gasteiger charge is -2.10. The number of aromatic nitrogens is 2. The summed E-state index contributed by atoms with van der Waals surface area (Å²) in [6, 6.07) is 7.17. The molecule has 0 saturated heterocycles. The number of rotatable bonds is 2. The maximum atomic E-state index is 12.0. The predicted octanol–water partition coefficient (Wildman–Crippen LogP) is 2.80. The van der Waals surface area contributed by atoms with Gasteiger partial charge in [-0.2, -0.15) is 0 Å². The summed E-state index contributed by atoms with van der Waals surface area (Å²) in [5.74, 6) is 0.678. The highest BCUT2D eigenvalue weighted by Gasteiger charge is 2.14. The van der Waals surface area contributed by atoms with Crippen molar-refractivity contribution in [1.82, 2.24) is 9.97 Å². The Balaban J connectivity index is 2.63. The lowest BCUT2D eigenvalue weighted by molar-refractivity contribution is 0.837. The van der Waals surface area contributed by atoms with Crippen LogP contribution in [0.25, 0.3) is 11.4 Å². The zero-order chi connectivity index (χ0) is 13.3. The molecule has 0 fully saturated rings. The second-order valence-electron chi connectivity index (χ2n) is 4.35. The van der Waals surface area contributed by atoms with Crippen molar-refractivity contribution in [3.8, 4) is 11.4 Å². The number of H-pyrrole nitrogens is 1. The number of nitrogens with one attached hydrogen (secondary N) is 1. The third kappa shape index (κ3) is 2.24. The Morgan fingerprint density at radius 1 is 1.33 bits per heavy atom. The van der Waals surface area contributed by atoms with E-state index in [-0.39, 0.29) is 17.3 Å². The molecule has 18 heavy (non-hydrogen) atoms. The van der Waals surface area contributed by atoms with Gasteiger partial charge in [-0.25, -0.2) is 4.98 Å². The number of aromatic amines is 1. The molecule has 0 radical (unpaired) electrons. The summed E-state index contributed by atoms with van der Waals surface area (Å²) in [5, 5.41) is 0.525. The van der Waals surface area contributed by atoms with Gasteiger partial charge in [0.15, 0.2) is 0 Å². The Hall–Kier alpha value is -1.81. The van der Waals surface area contributed by atoms with E-state index < -0.39 is 0 Å². The van der Waals surface area contributed by atoms with E-state index in [0.29, 0.717) is 22.0 Å². The van der Waals surface area contributed by atoms with E-state index in [9.17, 15) is 4.79 Å². The van der Waals surface area contributed by atoms with Gasteiger partial charge in [-0.3, -0.25) is 4.79 Å². The standard InChI is InChI=1S/C13H14ClN3O/c1-7(2)10-11(15)16-12(17-13(10)18)8-5-3-4-6-9(8)14/h3-7H,1-2H3,(H3,15,16,17,18). The van der Waals surface area contributed by atoms with Gasteiger partial charge in [0.25, 0.3) is 5.56 Å². The summed E-state index contributed by atoms with van der Waals surface area (Å²) in [4.78, 5) is 18.9. The first-order valence-corrected chi connectivity index (χ1v) is 6.03. The smallest absolute Gasteiger partial charge is 0.256 e. The lowest BCUT2D eigenvalue weighted by Crippen LogP contribution is -2.19. The van der Waals surface area contributed by atoms with Gasteiger partial charge in [0.1, 0.15) is 11.6 Å². The molecule has 0 aliphatic rings. The molecule has 1 aromatic carbocycles. The maximum Gasteiger partial charge on any atom is 0.256 e. The second kappa shape index (κ2) is 4.82. The number of nitrogens with zero attached hydrogens (tertiary/aromatic N) is 1. The molecule has 1 aromatic heterocycles. The molecular weight excluding hydrogens is 250 g/mol. The second-order valence-corrected chi connectivity index (χ2v) is 4.76. The van der Waals surface area contributed by atoms with Crippen LogP contribution in [0.15, 0.2) is 29.1 Å². The van der Waals surface area contributed by atoms with Gasteiger partial charge in [0.2, 0.25) is 0 Å². The monoisotopic (exact) mass is 263 g/mol. The van der Waals surface area contributed by atoms with Crippen molar-refractivity contribution in [3.05, 3.63) is 45.2 Å². The summed E-state index contributed by atoms with van der Waals surface area (Å²) in [5.41, 5.74) is 6.79. The van der Waals surface area contributed by atoms with Crippen LogP contribution in [-0.2, 0) is 0 Å². The fourth-order valence-corrected chi connectivity index (χ4v) is 2.06. The van der Waals surface area contributed by atoms with Crippen LogP contribution < -0.4 is 11.3 Å². The summed E-state index contributed by atoms with van der Waals surface area (Å²) < 4.78 is 0. The summed E-state index contributed by atoms with van der Waals surface area (Å²) >= 11 is 6.06. The first-order valence-electron chi connectivity index (χ1n) is 5.65. The maximum absolute atomic E-state index is 12.0. The Labute approximate surface area is 110 Å². The van der Waals surface area contributed by atoms with Crippen molar-refractivity contribution in [3.63, 3.8) is 0 Å². The molecular formula is C13H14ClN3O. The Morgan fingerprint density at radius 2 is 2.00 bits per heavy atom. The number of benzene rings is 1. The normalized spacial score (nSPS) is 10.9. The van der Waals surface area contributed by atoms with E-state index in [1.807, 2.05) is 26.0 Å². The van der Waals surface area contributed by atoms with E-state index in [4.69, 9.17) is 17.3 Å². The molecule has 0 unspecified atom stereocenters. The quantitative estimate of drug-likeness (QED) is 0.875. The number of halogens is 1. The van der Waals surface area contributed by atoms with Crippen molar-refractivity contribution < 1.29 is 0 Å². The molecule has 0 spiro atoms. The lowest BCUT2D eigenvalue weighted by atomic mass is 10.1. The topological polar surface area (TPSA) is 71.8 Å². The number of nitrogens with two attached hydrogens (primary N) is 1. The van der Waals surface area contributed by atoms with Crippen LogP contribution in [0.5, 0.6) is 0 Å². The molecule has 0 amide bonds. The number of nitrogen functional groups attached to an aromatic ring is 1. The summed E-state index contributed by atoms with van der Waals surface area (Å²) in [7, 11) is 0. The highest BCUT2D eigenvalue weighted by Crippen LogP contribution is 2.25. The SMILES string of the molecule is CC(C)c1c(N)nc(-c2ccccc2Cl)[nH]c1=O. The first kappa shape index (κ1) is 12.6. The minimum absolute atomic E-state index is 0.0292. The van der Waals surface area contributed by atoms with Crippen LogP contribution >= 0.6 is 11.6 Å². The highest BCUT2D eigenvalue weighted by molar-refractivity contribution is 6.33. The minimum atomic E-state index is -0.215. The van der Waals surface area contributed by atoms with Crippen LogP contribution in [0.3, 0.4) is 0 Å². The van der Waals surface area contributed by atoms with Gasteiger partial charge in [-0.1, -0.05) is 37.6 Å². The van der Waals surface area contributed by atoms with Gasteiger partial charge < -0.3 is 10.7 Å². The van der Waals surface area contributed by atoms with E-state index >= 15 is 0 Å². The van der Waals surface area contributed by atoms with Crippen molar-refractivity contribution >= 4 is 17.4 Å². The van der Waals surface area contributed by atoms with E-state index in [2.05, 4.69) is 9.97 Å². The molecule has 0 atom stereocenters. The zero-order valence-electron chi connectivity index (χ0n) is 10.2. The first-order chi connectivity index (χ1) is 8.50. The molecule has 5 heteroatoms. The van der Waals surface area contributed by atoms with Crippen LogP contribution in [0, 0.1) is 0 Å². The molecule has 0 bridgehead atoms. The fourth-order valence-electron chi connectivity index (χ4n) is 1.84.